The zero-order valence-electron chi connectivity index (χ0n) is 32.1. The molecule has 4 rings (SSSR count). The van der Waals surface area contributed by atoms with Crippen LogP contribution in [0.4, 0.5) is 0 Å². The maximum atomic E-state index is 14.1. The van der Waals surface area contributed by atoms with Crippen molar-refractivity contribution in [3.8, 4) is 22.3 Å². The molecule has 15 N–H and O–H groups in total. The van der Waals surface area contributed by atoms with Crippen molar-refractivity contribution in [2.24, 2.45) is 22.9 Å². The molecule has 0 saturated heterocycles. The molecule has 16 heteroatoms. The quantitative estimate of drug-likeness (QED) is 0.0333. The summed E-state index contributed by atoms with van der Waals surface area (Å²) in [5.74, 6) is -3.11. The summed E-state index contributed by atoms with van der Waals surface area (Å²) in [6.45, 7) is 0.532. The monoisotopic (exact) mass is 853 g/mol. The summed E-state index contributed by atoms with van der Waals surface area (Å²) in [7, 11) is 0. The molecule has 0 radical (unpaired) electrons. The van der Waals surface area contributed by atoms with Crippen LogP contribution in [0.3, 0.4) is 0 Å². The van der Waals surface area contributed by atoms with Gasteiger partial charge in [0.2, 0.25) is 23.6 Å². The molecule has 0 aliphatic rings. The van der Waals surface area contributed by atoms with E-state index in [4.69, 9.17) is 33.8 Å². The van der Waals surface area contributed by atoms with Crippen molar-refractivity contribution in [3.05, 3.63) is 119 Å². The molecule has 4 aromatic rings. The predicted octanol–water partition coefficient (Wildman–Crippen LogP) is 2.36. The molecule has 306 valence electrons. The van der Waals surface area contributed by atoms with E-state index >= 15 is 0 Å². The smallest absolute Gasteiger partial charge is 0.243 e. The van der Waals surface area contributed by atoms with Gasteiger partial charge in [-0.3, -0.25) is 30.0 Å². The lowest BCUT2D eigenvalue weighted by molar-refractivity contribution is -0.133. The zero-order chi connectivity index (χ0) is 42.0. The topological polar surface area (TPSA) is 280 Å². The summed E-state index contributed by atoms with van der Waals surface area (Å²) in [5.41, 5.74) is 28.4. The Kier molecular flexibility index (Phi) is 17.2. The second-order valence-electron chi connectivity index (χ2n) is 13.8. The fourth-order valence-corrected chi connectivity index (χ4v) is 6.43. The highest BCUT2D eigenvalue weighted by Gasteiger charge is 2.30. The number of benzene rings is 4. The zero-order valence-corrected chi connectivity index (χ0v) is 33.7. The number of hydrogen-bond donors (Lipinski definition) is 11. The molecule has 0 aliphatic carbocycles. The molecule has 0 unspecified atom stereocenters. The van der Waals surface area contributed by atoms with Crippen LogP contribution in [0.15, 0.2) is 108 Å². The largest absolute Gasteiger partial charge is 0.370 e. The third-order valence-corrected chi connectivity index (χ3v) is 9.85. The van der Waals surface area contributed by atoms with Crippen LogP contribution in [0, 0.1) is 10.8 Å². The Bertz CT molecular complexity index is 2000. The number of rotatable bonds is 21. The highest BCUT2D eigenvalue weighted by atomic mass is 79.9. The normalized spacial score (nSPS) is 12.9. The molecule has 0 aromatic heterocycles. The Morgan fingerprint density at radius 3 is 1.45 bits per heavy atom. The first-order chi connectivity index (χ1) is 27.8. The summed E-state index contributed by atoms with van der Waals surface area (Å²) < 4.78 is 0.975. The number of carbonyl (C=O) groups is 4. The highest BCUT2D eigenvalue weighted by Crippen LogP contribution is 2.23. The van der Waals surface area contributed by atoms with Gasteiger partial charge >= 0.3 is 0 Å². The van der Waals surface area contributed by atoms with E-state index in [0.717, 1.165) is 37.9 Å². The maximum Gasteiger partial charge on any atom is 0.243 e. The van der Waals surface area contributed by atoms with Crippen molar-refractivity contribution in [3.63, 3.8) is 0 Å². The van der Waals surface area contributed by atoms with Gasteiger partial charge in [-0.25, -0.2) is 0 Å². The summed E-state index contributed by atoms with van der Waals surface area (Å²) in [4.78, 5) is 53.9. The van der Waals surface area contributed by atoms with Crippen LogP contribution < -0.4 is 49.5 Å². The summed E-state index contributed by atoms with van der Waals surface area (Å²) in [5, 5.41) is 28.4. The molecule has 0 fully saturated rings. The number of halogens is 1. The van der Waals surface area contributed by atoms with E-state index in [0.29, 0.717) is 12.8 Å². The van der Waals surface area contributed by atoms with Crippen molar-refractivity contribution in [1.82, 2.24) is 26.6 Å². The van der Waals surface area contributed by atoms with Gasteiger partial charge in [-0.1, -0.05) is 107 Å². The van der Waals surface area contributed by atoms with E-state index in [2.05, 4.69) is 42.5 Å². The molecule has 58 heavy (non-hydrogen) atoms. The van der Waals surface area contributed by atoms with Crippen molar-refractivity contribution in [2.45, 2.75) is 62.7 Å². The first kappa shape index (κ1) is 44.5. The van der Waals surface area contributed by atoms with Crippen LogP contribution in [-0.4, -0.2) is 72.8 Å². The van der Waals surface area contributed by atoms with Gasteiger partial charge in [0.25, 0.3) is 0 Å². The number of hydrogen-bond acceptors (Lipinski definition) is 7. The molecule has 4 atom stereocenters. The van der Waals surface area contributed by atoms with Crippen LogP contribution in [0.1, 0.15) is 36.8 Å². The van der Waals surface area contributed by atoms with E-state index in [1.165, 1.54) is 0 Å². The van der Waals surface area contributed by atoms with Crippen LogP contribution in [0.25, 0.3) is 22.3 Å². The van der Waals surface area contributed by atoms with Crippen molar-refractivity contribution in [2.75, 3.05) is 13.1 Å². The molecule has 0 aliphatic heterocycles. The lowest BCUT2D eigenvalue weighted by Gasteiger charge is -2.26. The fraction of sp³-hybridized carbons (Fsp3) is 0.286. The Hall–Kier alpha value is -6.26. The van der Waals surface area contributed by atoms with E-state index in [1.807, 2.05) is 103 Å². The average molecular weight is 855 g/mol. The Labute approximate surface area is 346 Å². The minimum absolute atomic E-state index is 0.0480. The lowest BCUT2D eigenvalue weighted by Crippen LogP contribution is -2.58. The van der Waals surface area contributed by atoms with Crippen LogP contribution >= 0.6 is 15.9 Å². The molecule has 0 saturated carbocycles. The Balaban J connectivity index is 1.51. The second kappa shape index (κ2) is 22.5. The average Bonchev–Trinajstić information content (AvgIpc) is 3.20. The maximum absolute atomic E-state index is 14.1. The van der Waals surface area contributed by atoms with Crippen molar-refractivity contribution in [1.29, 1.82) is 10.8 Å². The van der Waals surface area contributed by atoms with E-state index in [1.54, 1.807) is 0 Å². The predicted molar refractivity (Wildman–Crippen MR) is 230 cm³/mol. The Morgan fingerprint density at radius 1 is 0.534 bits per heavy atom. The minimum atomic E-state index is -1.18. The van der Waals surface area contributed by atoms with E-state index < -0.39 is 47.8 Å². The van der Waals surface area contributed by atoms with E-state index in [9.17, 15) is 19.2 Å². The highest BCUT2D eigenvalue weighted by molar-refractivity contribution is 9.10. The molecule has 0 bridgehead atoms. The van der Waals surface area contributed by atoms with E-state index in [-0.39, 0.29) is 50.7 Å². The van der Waals surface area contributed by atoms with Gasteiger partial charge in [-0.05, 0) is 77.6 Å². The number of nitrogens with two attached hydrogens (primary N) is 4. The molecule has 4 aromatic carbocycles. The third kappa shape index (κ3) is 14.7. The van der Waals surface area contributed by atoms with Crippen LogP contribution in [0.2, 0.25) is 0 Å². The van der Waals surface area contributed by atoms with Gasteiger partial charge < -0.3 is 49.5 Å². The molecule has 0 spiro atoms. The SMILES string of the molecule is N=C(N)NCCC[C@H](NC(=O)[C@H](Cc1ccc(-c2ccccc2)cc1)NC(=O)[C@H](CCCNC(=N)N)NC(=O)[C@@H](N)Cc1ccc(-c2ccc(Br)cc2)cc1)C(N)=O. The third-order valence-electron chi connectivity index (χ3n) is 9.32. The van der Waals surface area contributed by atoms with Gasteiger partial charge in [0.15, 0.2) is 11.9 Å². The number of primary amides is 1. The molecular weight excluding hydrogens is 802 g/mol. The van der Waals surface area contributed by atoms with Crippen molar-refractivity contribution < 1.29 is 19.2 Å². The van der Waals surface area contributed by atoms with Gasteiger partial charge in [0, 0.05) is 24.0 Å². The van der Waals surface area contributed by atoms with Gasteiger partial charge in [-0.15, -0.1) is 0 Å². The lowest BCUT2D eigenvalue weighted by atomic mass is 9.99. The summed E-state index contributed by atoms with van der Waals surface area (Å²) in [6.07, 6.45) is 1.23. The minimum Gasteiger partial charge on any atom is -0.370 e. The molecule has 0 heterocycles. The standard InChI is InChI=1S/C42H52BrN11O4/c43-32-20-18-31(19-21-32)30-14-10-26(11-15-30)24-33(44)38(56)53-35(9-5-23-51-42(48)49)39(57)54-36(40(58)52-34(37(45)55)8-4-22-50-41(46)47)25-27-12-16-29(17-13-27)28-6-2-1-3-7-28/h1-3,6-7,10-21,33-36H,4-5,8-9,22-25,44H2,(H2,45,55)(H,52,58)(H,53,56)(H,54,57)(H4,46,47,50)(H4,48,49,51)/t33-,34-,35-,36-/m0/s1. The number of carbonyl (C=O) groups excluding carboxylic acids is 4. The van der Waals surface area contributed by atoms with Crippen molar-refractivity contribution >= 4 is 51.5 Å². The van der Waals surface area contributed by atoms with Gasteiger partial charge in [-0.2, -0.15) is 0 Å². The van der Waals surface area contributed by atoms with Gasteiger partial charge in [0.05, 0.1) is 6.04 Å². The first-order valence-electron chi connectivity index (χ1n) is 18.9. The molecule has 4 amide bonds. The van der Waals surface area contributed by atoms with Crippen LogP contribution in [0.5, 0.6) is 0 Å². The first-order valence-corrected chi connectivity index (χ1v) is 19.7. The van der Waals surface area contributed by atoms with Gasteiger partial charge in [0.1, 0.15) is 18.1 Å². The fourth-order valence-electron chi connectivity index (χ4n) is 6.17. The number of amides is 4. The second-order valence-corrected chi connectivity index (χ2v) is 14.7. The molecule has 15 nitrogen and oxygen atoms in total. The Morgan fingerprint density at radius 2 is 0.948 bits per heavy atom. The van der Waals surface area contributed by atoms with Crippen LogP contribution in [-0.2, 0) is 32.0 Å². The number of nitrogens with one attached hydrogen (secondary N) is 7. The molecular formula is C42H52BrN11O4. The summed E-state index contributed by atoms with van der Waals surface area (Å²) in [6, 6.07) is 28.5. The number of guanidine groups is 2. The summed E-state index contributed by atoms with van der Waals surface area (Å²) >= 11 is 3.45.